The Hall–Kier alpha value is -4.78. The zero-order valence-electron chi connectivity index (χ0n) is 21.3. The number of pyridine rings is 1. The lowest BCUT2D eigenvalue weighted by atomic mass is 9.93. The van der Waals surface area contributed by atoms with Crippen LogP contribution >= 0.6 is 0 Å². The highest BCUT2D eigenvalue weighted by Crippen LogP contribution is 2.48. The Kier molecular flexibility index (Phi) is 6.19. The minimum absolute atomic E-state index is 0.259. The van der Waals surface area contributed by atoms with Crippen molar-refractivity contribution >= 4 is 17.5 Å². The summed E-state index contributed by atoms with van der Waals surface area (Å²) in [7, 11) is 0. The van der Waals surface area contributed by atoms with E-state index in [1.165, 1.54) is 12.1 Å². The van der Waals surface area contributed by atoms with Crippen LogP contribution in [-0.2, 0) is 16.6 Å². The predicted octanol–water partition coefficient (Wildman–Crippen LogP) is 7.30. The Balaban J connectivity index is 1.20. The van der Waals surface area contributed by atoms with Crippen molar-refractivity contribution in [3.8, 4) is 22.5 Å². The van der Waals surface area contributed by atoms with Gasteiger partial charge in [-0.25, -0.2) is 9.37 Å². The molecule has 1 fully saturated rings. The van der Waals surface area contributed by atoms with Crippen LogP contribution in [0.3, 0.4) is 0 Å². The number of carboxylic acids is 1. The van der Waals surface area contributed by atoms with Crippen molar-refractivity contribution in [2.75, 3.05) is 5.32 Å². The summed E-state index contributed by atoms with van der Waals surface area (Å²) in [4.78, 5) is 16.3. The van der Waals surface area contributed by atoms with E-state index in [-0.39, 0.29) is 5.82 Å². The molecular formula is C32H26FN3O3. The predicted molar refractivity (Wildman–Crippen MR) is 147 cm³/mol. The Morgan fingerprint density at radius 1 is 0.923 bits per heavy atom. The van der Waals surface area contributed by atoms with E-state index in [0.29, 0.717) is 36.5 Å². The van der Waals surface area contributed by atoms with E-state index < -0.39 is 11.4 Å². The largest absolute Gasteiger partial charge is 0.481 e. The molecule has 1 saturated carbocycles. The van der Waals surface area contributed by atoms with Crippen LogP contribution in [0.15, 0.2) is 95.5 Å². The van der Waals surface area contributed by atoms with Crippen molar-refractivity contribution in [1.29, 1.82) is 0 Å². The quantitative estimate of drug-likeness (QED) is 0.224. The number of halogens is 1. The van der Waals surface area contributed by atoms with Gasteiger partial charge in [0, 0.05) is 17.7 Å². The summed E-state index contributed by atoms with van der Waals surface area (Å²) in [5.41, 5.74) is 6.34. The molecule has 0 saturated heterocycles. The van der Waals surface area contributed by atoms with Crippen molar-refractivity contribution in [2.24, 2.45) is 0 Å². The SMILES string of the molecule is Cc1noc(-c2ccc(-c3ccc(C4(C(=O)O)CC4)cc3)cc2)c1Nc1cccc(Cc2ccc(F)cc2)n1. The number of hydrogen-bond donors (Lipinski definition) is 2. The van der Waals surface area contributed by atoms with Crippen LogP contribution in [0.1, 0.15) is 35.4 Å². The Labute approximate surface area is 225 Å². The molecule has 0 spiro atoms. The average molecular weight is 520 g/mol. The molecule has 0 radical (unpaired) electrons. The number of aliphatic carboxylic acids is 1. The molecule has 0 atom stereocenters. The third kappa shape index (κ3) is 4.91. The Bertz CT molecular complexity index is 1640. The summed E-state index contributed by atoms with van der Waals surface area (Å²) in [6.45, 7) is 1.87. The zero-order valence-corrected chi connectivity index (χ0v) is 21.3. The lowest BCUT2D eigenvalue weighted by molar-refractivity contribution is -0.140. The molecule has 0 amide bonds. The second-order valence-electron chi connectivity index (χ2n) is 9.96. The standard InChI is InChI=1S/C32H26FN3O3/c1-20-29(35-28-4-2-3-27(34-28)19-21-5-15-26(33)16-6-21)30(39-36-20)24-9-7-22(8-10-24)23-11-13-25(14-12-23)32(17-18-32)31(37)38/h2-16H,17-19H2,1H3,(H,34,35)(H,37,38). The van der Waals surface area contributed by atoms with Crippen LogP contribution in [0.2, 0.25) is 0 Å². The van der Waals surface area contributed by atoms with E-state index in [2.05, 4.69) is 10.5 Å². The molecule has 2 N–H and O–H groups in total. The average Bonchev–Trinajstić information content (AvgIpc) is 3.70. The second kappa shape index (κ2) is 9.83. The molecule has 6 rings (SSSR count). The molecule has 0 aliphatic heterocycles. The number of aryl methyl sites for hydroxylation is 1. The number of nitrogens with zero attached hydrogens (tertiary/aromatic N) is 2. The molecule has 1 aliphatic carbocycles. The van der Waals surface area contributed by atoms with Gasteiger partial charge in [0.25, 0.3) is 0 Å². The van der Waals surface area contributed by atoms with Gasteiger partial charge in [0.2, 0.25) is 0 Å². The fourth-order valence-corrected chi connectivity index (χ4v) is 4.85. The number of anilines is 2. The summed E-state index contributed by atoms with van der Waals surface area (Å²) in [5.74, 6) is 0.262. The highest BCUT2D eigenvalue weighted by molar-refractivity contribution is 5.85. The number of benzene rings is 3. The summed E-state index contributed by atoms with van der Waals surface area (Å²) in [6, 6.07) is 27.9. The number of rotatable bonds is 8. The maximum Gasteiger partial charge on any atom is 0.314 e. The van der Waals surface area contributed by atoms with E-state index in [4.69, 9.17) is 9.51 Å². The molecule has 2 heterocycles. The summed E-state index contributed by atoms with van der Waals surface area (Å²) >= 11 is 0. The molecule has 0 bridgehead atoms. The summed E-state index contributed by atoms with van der Waals surface area (Å²) in [5, 5.41) is 17.1. The zero-order chi connectivity index (χ0) is 27.0. The molecule has 7 heteroatoms. The first-order valence-electron chi connectivity index (χ1n) is 12.8. The molecule has 39 heavy (non-hydrogen) atoms. The van der Waals surface area contributed by atoms with Crippen LogP contribution in [0, 0.1) is 12.7 Å². The van der Waals surface area contributed by atoms with Gasteiger partial charge in [-0.05, 0) is 66.3 Å². The highest BCUT2D eigenvalue weighted by Gasteiger charge is 2.51. The molecule has 5 aromatic rings. The molecule has 6 nitrogen and oxygen atoms in total. The van der Waals surface area contributed by atoms with Gasteiger partial charge < -0.3 is 14.9 Å². The molecule has 194 valence electrons. The van der Waals surface area contributed by atoms with E-state index in [0.717, 1.165) is 39.2 Å². The van der Waals surface area contributed by atoms with Crippen molar-refractivity contribution in [1.82, 2.24) is 10.1 Å². The Morgan fingerprint density at radius 3 is 2.21 bits per heavy atom. The number of carbonyl (C=O) groups is 1. The van der Waals surface area contributed by atoms with Crippen LogP contribution in [-0.4, -0.2) is 21.2 Å². The van der Waals surface area contributed by atoms with Gasteiger partial charge in [-0.3, -0.25) is 4.79 Å². The van der Waals surface area contributed by atoms with Crippen molar-refractivity contribution in [3.05, 3.63) is 119 Å². The molecule has 1 aliphatic rings. The summed E-state index contributed by atoms with van der Waals surface area (Å²) < 4.78 is 18.9. The van der Waals surface area contributed by atoms with Crippen LogP contribution in [0.4, 0.5) is 15.9 Å². The van der Waals surface area contributed by atoms with Crippen molar-refractivity contribution < 1.29 is 18.8 Å². The van der Waals surface area contributed by atoms with Gasteiger partial charge in [-0.15, -0.1) is 0 Å². The fraction of sp³-hybridized carbons (Fsp3) is 0.156. The summed E-state index contributed by atoms with van der Waals surface area (Å²) in [6.07, 6.45) is 1.97. The Morgan fingerprint density at radius 2 is 1.56 bits per heavy atom. The first kappa shape index (κ1) is 24.6. The maximum absolute atomic E-state index is 13.2. The molecule has 3 aromatic carbocycles. The molecule has 2 aromatic heterocycles. The van der Waals surface area contributed by atoms with Gasteiger partial charge >= 0.3 is 5.97 Å². The fourth-order valence-electron chi connectivity index (χ4n) is 4.85. The van der Waals surface area contributed by atoms with Gasteiger partial charge in [0.1, 0.15) is 23.0 Å². The van der Waals surface area contributed by atoms with Crippen molar-refractivity contribution in [2.45, 2.75) is 31.6 Å². The number of aromatic nitrogens is 2. The van der Waals surface area contributed by atoms with Crippen LogP contribution in [0.5, 0.6) is 0 Å². The van der Waals surface area contributed by atoms with Gasteiger partial charge in [0.15, 0.2) is 5.76 Å². The minimum Gasteiger partial charge on any atom is -0.481 e. The monoisotopic (exact) mass is 519 g/mol. The third-order valence-electron chi connectivity index (χ3n) is 7.30. The lowest BCUT2D eigenvalue weighted by Gasteiger charge is -2.11. The lowest BCUT2D eigenvalue weighted by Crippen LogP contribution is -2.19. The number of carboxylic acid groups (broad SMARTS) is 1. The normalized spacial score (nSPS) is 13.7. The maximum atomic E-state index is 13.2. The van der Waals surface area contributed by atoms with Crippen LogP contribution < -0.4 is 5.32 Å². The van der Waals surface area contributed by atoms with E-state index in [9.17, 15) is 14.3 Å². The first-order valence-corrected chi connectivity index (χ1v) is 12.8. The van der Waals surface area contributed by atoms with Gasteiger partial charge in [-0.1, -0.05) is 71.9 Å². The van der Waals surface area contributed by atoms with E-state index in [1.54, 1.807) is 12.1 Å². The number of nitrogens with one attached hydrogen (secondary N) is 1. The van der Waals surface area contributed by atoms with E-state index in [1.807, 2.05) is 73.7 Å². The van der Waals surface area contributed by atoms with Gasteiger partial charge in [-0.2, -0.15) is 0 Å². The van der Waals surface area contributed by atoms with Crippen molar-refractivity contribution in [3.63, 3.8) is 0 Å². The smallest absolute Gasteiger partial charge is 0.314 e. The minimum atomic E-state index is -0.749. The third-order valence-corrected chi connectivity index (χ3v) is 7.30. The number of hydrogen-bond acceptors (Lipinski definition) is 5. The highest BCUT2D eigenvalue weighted by atomic mass is 19.1. The molecule has 0 unspecified atom stereocenters. The molecular weight excluding hydrogens is 493 g/mol. The van der Waals surface area contributed by atoms with Crippen LogP contribution in [0.25, 0.3) is 22.5 Å². The first-order chi connectivity index (χ1) is 18.9. The van der Waals surface area contributed by atoms with E-state index >= 15 is 0 Å². The topological polar surface area (TPSA) is 88.2 Å². The van der Waals surface area contributed by atoms with Gasteiger partial charge in [0.05, 0.1) is 5.41 Å². The second-order valence-corrected chi connectivity index (χ2v) is 9.96.